The third kappa shape index (κ3) is 4.50. The quantitative estimate of drug-likeness (QED) is 0.778. The van der Waals surface area contributed by atoms with E-state index in [0.29, 0.717) is 11.4 Å². The van der Waals surface area contributed by atoms with E-state index in [9.17, 15) is 18.0 Å². The Morgan fingerprint density at radius 3 is 2.54 bits per heavy atom. The summed E-state index contributed by atoms with van der Waals surface area (Å²) in [6, 6.07) is 9.39. The number of para-hydroxylation sites is 2. The number of rotatable bonds is 7. The number of nitrogens with zero attached hydrogens (tertiary/aromatic N) is 2. The molecule has 140 valence electrons. The summed E-state index contributed by atoms with van der Waals surface area (Å²) in [4.78, 5) is 24.1. The van der Waals surface area contributed by atoms with Crippen LogP contribution in [0.2, 0.25) is 0 Å². The fourth-order valence-corrected chi connectivity index (χ4v) is 3.15. The molecule has 0 aliphatic rings. The molecule has 26 heavy (non-hydrogen) atoms. The maximum atomic E-state index is 12.2. The molecule has 1 heterocycles. The Hall–Kier alpha value is -2.65. The smallest absolute Gasteiger partial charge is 0.250 e. The molecule has 0 fully saturated rings. The van der Waals surface area contributed by atoms with Crippen LogP contribution >= 0.6 is 0 Å². The first-order valence-electron chi connectivity index (χ1n) is 7.81. The lowest BCUT2D eigenvalue weighted by Crippen LogP contribution is -2.27. The highest BCUT2D eigenvalue weighted by atomic mass is 32.2. The van der Waals surface area contributed by atoms with E-state index in [0.717, 1.165) is 4.31 Å². The lowest BCUT2D eigenvalue weighted by molar-refractivity contribution is -0.116. The molecule has 0 saturated carbocycles. The molecule has 1 amide bonds. The summed E-state index contributed by atoms with van der Waals surface area (Å²) in [7, 11) is 0.662. The summed E-state index contributed by atoms with van der Waals surface area (Å²) < 4.78 is 31.8. The number of methoxy groups -OCH3 is 1. The average molecular weight is 379 g/mol. The van der Waals surface area contributed by atoms with Gasteiger partial charge in [-0.1, -0.05) is 12.1 Å². The number of amides is 1. The van der Waals surface area contributed by atoms with Crippen molar-refractivity contribution in [2.24, 2.45) is 0 Å². The zero-order chi connectivity index (χ0) is 19.3. The van der Waals surface area contributed by atoms with Gasteiger partial charge in [0, 0.05) is 39.3 Å². The molecule has 0 spiro atoms. The van der Waals surface area contributed by atoms with Crippen molar-refractivity contribution in [3.05, 3.63) is 52.9 Å². The number of carbonyl (C=O) groups excluding carboxylic acids is 1. The highest BCUT2D eigenvalue weighted by Crippen LogP contribution is 2.23. The lowest BCUT2D eigenvalue weighted by Gasteiger charge is -2.13. The summed E-state index contributed by atoms with van der Waals surface area (Å²) in [6.07, 6.45) is 1.25. The molecule has 0 atom stereocenters. The van der Waals surface area contributed by atoms with Crippen LogP contribution in [0.15, 0.2) is 52.3 Å². The van der Waals surface area contributed by atoms with Gasteiger partial charge in [0.15, 0.2) is 0 Å². The summed E-state index contributed by atoms with van der Waals surface area (Å²) in [5.74, 6) is 0.208. The number of aromatic nitrogens is 1. The molecule has 0 saturated heterocycles. The third-order valence-electron chi connectivity index (χ3n) is 3.70. The Kier molecular flexibility index (Phi) is 6.17. The molecule has 0 bridgehead atoms. The van der Waals surface area contributed by atoms with Gasteiger partial charge in [-0.2, -0.15) is 0 Å². The number of hydrogen-bond donors (Lipinski definition) is 1. The first kappa shape index (κ1) is 19.7. The van der Waals surface area contributed by atoms with Crippen LogP contribution in [-0.4, -0.2) is 44.4 Å². The predicted molar refractivity (Wildman–Crippen MR) is 97.8 cm³/mol. The summed E-state index contributed by atoms with van der Waals surface area (Å²) >= 11 is 0. The number of benzene rings is 1. The van der Waals surface area contributed by atoms with E-state index in [-0.39, 0.29) is 29.3 Å². The minimum atomic E-state index is -3.66. The van der Waals surface area contributed by atoms with Crippen LogP contribution in [-0.2, 0) is 21.4 Å². The standard InChI is InChI=1S/C17H21N3O5S/c1-19(2)26(23,24)13-8-9-17(22)20(12-13)11-10-16(21)18-14-6-4-5-7-15(14)25-3/h4-9,12H,10-11H2,1-3H3,(H,18,21). The number of sulfonamides is 1. The summed E-state index contributed by atoms with van der Waals surface area (Å²) in [5, 5.41) is 2.71. The normalized spacial score (nSPS) is 11.4. The molecule has 1 aromatic heterocycles. The molecule has 1 N–H and O–H groups in total. The summed E-state index contributed by atoms with van der Waals surface area (Å²) in [5.41, 5.74) is 0.143. The number of ether oxygens (including phenoxy) is 1. The fourth-order valence-electron chi connectivity index (χ4n) is 2.23. The van der Waals surface area contributed by atoms with Crippen LogP contribution in [0.4, 0.5) is 5.69 Å². The molecule has 0 aliphatic heterocycles. The van der Waals surface area contributed by atoms with Gasteiger partial charge < -0.3 is 14.6 Å². The SMILES string of the molecule is COc1ccccc1NC(=O)CCn1cc(S(=O)(=O)N(C)C)ccc1=O. The lowest BCUT2D eigenvalue weighted by atomic mass is 10.2. The molecule has 0 aliphatic carbocycles. The molecule has 0 radical (unpaired) electrons. The van der Waals surface area contributed by atoms with E-state index >= 15 is 0 Å². The molecule has 0 unspecified atom stereocenters. The van der Waals surface area contributed by atoms with Crippen molar-refractivity contribution in [2.75, 3.05) is 26.5 Å². The van der Waals surface area contributed by atoms with Crippen LogP contribution in [0, 0.1) is 0 Å². The van der Waals surface area contributed by atoms with Crippen LogP contribution in [0.25, 0.3) is 0 Å². The number of anilines is 1. The number of nitrogens with one attached hydrogen (secondary N) is 1. The molecular weight excluding hydrogens is 358 g/mol. The first-order valence-corrected chi connectivity index (χ1v) is 9.25. The monoisotopic (exact) mass is 379 g/mol. The van der Waals surface area contributed by atoms with Crippen molar-refractivity contribution in [1.29, 1.82) is 0 Å². The number of carbonyl (C=O) groups is 1. The highest BCUT2D eigenvalue weighted by Gasteiger charge is 2.18. The van der Waals surface area contributed by atoms with E-state index in [4.69, 9.17) is 4.74 Å². The van der Waals surface area contributed by atoms with E-state index in [1.165, 1.54) is 44.1 Å². The van der Waals surface area contributed by atoms with Crippen molar-refractivity contribution >= 4 is 21.6 Å². The van der Waals surface area contributed by atoms with E-state index < -0.39 is 10.0 Å². The van der Waals surface area contributed by atoms with Gasteiger partial charge in [-0.25, -0.2) is 12.7 Å². The van der Waals surface area contributed by atoms with Crippen molar-refractivity contribution in [3.8, 4) is 5.75 Å². The molecule has 2 aromatic rings. The van der Waals surface area contributed by atoms with Crippen molar-refractivity contribution in [1.82, 2.24) is 8.87 Å². The Balaban J connectivity index is 2.12. The van der Waals surface area contributed by atoms with Gasteiger partial charge in [0.05, 0.1) is 17.7 Å². The summed E-state index contributed by atoms with van der Waals surface area (Å²) in [6.45, 7) is 0.0522. The maximum Gasteiger partial charge on any atom is 0.250 e. The van der Waals surface area contributed by atoms with E-state index in [1.807, 2.05) is 0 Å². The van der Waals surface area contributed by atoms with Gasteiger partial charge >= 0.3 is 0 Å². The minimum Gasteiger partial charge on any atom is -0.495 e. The molecular formula is C17H21N3O5S. The Morgan fingerprint density at radius 2 is 1.88 bits per heavy atom. The number of aryl methyl sites for hydroxylation is 1. The second kappa shape index (κ2) is 8.15. The van der Waals surface area contributed by atoms with Gasteiger partial charge in [0.25, 0.3) is 5.56 Å². The zero-order valence-electron chi connectivity index (χ0n) is 14.8. The van der Waals surface area contributed by atoms with Crippen molar-refractivity contribution in [3.63, 3.8) is 0 Å². The van der Waals surface area contributed by atoms with Crippen LogP contribution < -0.4 is 15.6 Å². The van der Waals surface area contributed by atoms with E-state index in [1.54, 1.807) is 24.3 Å². The van der Waals surface area contributed by atoms with Gasteiger partial charge in [-0.3, -0.25) is 9.59 Å². The van der Waals surface area contributed by atoms with Crippen LogP contribution in [0.3, 0.4) is 0 Å². The molecule has 8 nitrogen and oxygen atoms in total. The Bertz CT molecular complexity index is 951. The largest absolute Gasteiger partial charge is 0.495 e. The van der Waals surface area contributed by atoms with Gasteiger partial charge in [-0.15, -0.1) is 0 Å². The second-order valence-corrected chi connectivity index (χ2v) is 7.83. The highest BCUT2D eigenvalue weighted by molar-refractivity contribution is 7.89. The number of hydrogen-bond acceptors (Lipinski definition) is 5. The minimum absolute atomic E-state index is 0.00339. The first-order chi connectivity index (χ1) is 12.3. The second-order valence-electron chi connectivity index (χ2n) is 5.68. The van der Waals surface area contributed by atoms with Crippen molar-refractivity contribution in [2.45, 2.75) is 17.9 Å². The van der Waals surface area contributed by atoms with Gasteiger partial charge in [0.1, 0.15) is 5.75 Å². The fraction of sp³-hybridized carbons (Fsp3) is 0.294. The predicted octanol–water partition coefficient (Wildman–Crippen LogP) is 1.14. The number of pyridine rings is 1. The van der Waals surface area contributed by atoms with Gasteiger partial charge in [-0.05, 0) is 18.2 Å². The van der Waals surface area contributed by atoms with Crippen molar-refractivity contribution < 1.29 is 17.9 Å². The Labute approximate surface area is 152 Å². The van der Waals surface area contributed by atoms with Gasteiger partial charge in [0.2, 0.25) is 15.9 Å². The molecule has 2 rings (SSSR count). The zero-order valence-corrected chi connectivity index (χ0v) is 15.6. The Morgan fingerprint density at radius 1 is 1.19 bits per heavy atom. The van der Waals surface area contributed by atoms with E-state index in [2.05, 4.69) is 5.32 Å². The third-order valence-corrected chi connectivity index (χ3v) is 5.49. The molecule has 1 aromatic carbocycles. The topological polar surface area (TPSA) is 97.7 Å². The average Bonchev–Trinajstić information content (AvgIpc) is 2.61. The molecule has 9 heteroatoms. The van der Waals surface area contributed by atoms with Crippen LogP contribution in [0.1, 0.15) is 6.42 Å². The van der Waals surface area contributed by atoms with Crippen LogP contribution in [0.5, 0.6) is 5.75 Å². The maximum absolute atomic E-state index is 12.2.